The van der Waals surface area contributed by atoms with Crippen molar-refractivity contribution < 1.29 is 49.4 Å². The Morgan fingerprint density at radius 2 is 1.38 bits per heavy atom. The average Bonchev–Trinajstić information content (AvgIpc) is 1.98. The van der Waals surface area contributed by atoms with Crippen molar-refractivity contribution in [1.29, 1.82) is 0 Å². The zero-order chi connectivity index (χ0) is 13.2. The van der Waals surface area contributed by atoms with Crippen LogP contribution in [0.1, 0.15) is 0 Å². The summed E-state index contributed by atoms with van der Waals surface area (Å²) in [5, 5.41) is 10.5. The van der Waals surface area contributed by atoms with Crippen LogP contribution in [0.4, 0.5) is 26.3 Å². The van der Waals surface area contributed by atoms with Crippen molar-refractivity contribution in [1.82, 2.24) is 0 Å². The number of hydroxylamine groups is 2. The molecule has 1 aliphatic heterocycles. The molecule has 0 aromatic heterocycles. The fourth-order valence-electron chi connectivity index (χ4n) is 0.745. The smallest absolute Gasteiger partial charge is 0.205 e. The lowest BCUT2D eigenvalue weighted by atomic mass is 10.3. The Kier molecular flexibility index (Phi) is 2.55. The molecule has 96 valence electrons. The first-order valence-corrected chi connectivity index (χ1v) is 5.92. The van der Waals surface area contributed by atoms with Gasteiger partial charge in [-0.25, -0.2) is 8.42 Å². The van der Waals surface area contributed by atoms with Gasteiger partial charge in [-0.3, -0.25) is 0 Å². The molecule has 16 heavy (non-hydrogen) atoms. The van der Waals surface area contributed by atoms with Crippen LogP contribution in [-0.4, -0.2) is 40.3 Å². The van der Waals surface area contributed by atoms with Crippen LogP contribution in [-0.2, 0) is 8.87 Å². The highest BCUT2D eigenvalue weighted by Gasteiger charge is 2.93. The summed E-state index contributed by atoms with van der Waals surface area (Å²) < 4.78 is 92.1. The van der Waals surface area contributed by atoms with Gasteiger partial charge in [0, 0.05) is 0 Å². The molecule has 0 spiro atoms. The van der Waals surface area contributed by atoms with Crippen molar-refractivity contribution in [2.45, 2.75) is 17.2 Å². The van der Waals surface area contributed by atoms with Crippen molar-refractivity contribution in [3.63, 3.8) is 0 Å². The molecule has 1 saturated heterocycles. The predicted molar refractivity (Wildman–Crippen MR) is 35.2 cm³/mol. The summed E-state index contributed by atoms with van der Waals surface area (Å²) in [5.74, 6) is -6.46. The molecule has 1 heterocycles. The van der Waals surface area contributed by atoms with Gasteiger partial charge in [-0.1, -0.05) is 0 Å². The second-order valence-electron chi connectivity index (χ2n) is 2.71. The summed E-state index contributed by atoms with van der Waals surface area (Å²) in [4.78, 5) is 0. The maximum Gasteiger partial charge on any atom is 0.537 e. The van der Waals surface area contributed by atoms with Crippen molar-refractivity contribution in [3.05, 3.63) is 0 Å². The highest BCUT2D eigenvalue weighted by molar-refractivity contribution is 8.70. The lowest BCUT2D eigenvalue weighted by Crippen LogP contribution is -2.72. The van der Waals surface area contributed by atoms with Crippen LogP contribution in [0.3, 0.4) is 0 Å². The summed E-state index contributed by atoms with van der Waals surface area (Å²) in [6.45, 7) is 0. The number of hydrogen-bond acceptors (Lipinski definition) is 5. The minimum atomic E-state index is -6.46. The van der Waals surface area contributed by atoms with Crippen molar-refractivity contribution >= 4 is 19.8 Å². The summed E-state index contributed by atoms with van der Waals surface area (Å²) in [7, 11) is -8.02. The fourth-order valence-corrected chi connectivity index (χ4v) is 3.45. The summed E-state index contributed by atoms with van der Waals surface area (Å²) in [5.41, 5.74) is 0. The molecule has 1 fully saturated rings. The van der Waals surface area contributed by atoms with E-state index in [4.69, 9.17) is 10.4 Å². The maximum atomic E-state index is 12.6. The SMILES string of the molecule is O=S1(=O)S[N+](O)(O)C(F)(F)C(F)(F)C1(F)F. The van der Waals surface area contributed by atoms with Gasteiger partial charge < -0.3 is 0 Å². The Hall–Kier alpha value is -0.240. The second kappa shape index (κ2) is 2.95. The van der Waals surface area contributed by atoms with Gasteiger partial charge in [-0.15, -0.1) is 8.78 Å². The van der Waals surface area contributed by atoms with Gasteiger partial charge in [-0.05, 0) is 0 Å². The van der Waals surface area contributed by atoms with E-state index in [1.165, 1.54) is 0 Å². The van der Waals surface area contributed by atoms with Crippen LogP contribution in [0.15, 0.2) is 0 Å². The topological polar surface area (TPSA) is 74.6 Å². The Labute approximate surface area is 87.2 Å². The lowest BCUT2D eigenvalue weighted by Gasteiger charge is -2.37. The van der Waals surface area contributed by atoms with Gasteiger partial charge in [0.25, 0.3) is 11.0 Å². The molecule has 0 saturated carbocycles. The normalized spacial score (nSPS) is 33.2. The summed E-state index contributed by atoms with van der Waals surface area (Å²) >= 11 is 0. The van der Waals surface area contributed by atoms with Crippen LogP contribution in [0.2, 0.25) is 0 Å². The Morgan fingerprint density at radius 1 is 1.00 bits per heavy atom. The zero-order valence-electron chi connectivity index (χ0n) is 6.74. The fraction of sp³-hybridized carbons (Fsp3) is 1.00. The van der Waals surface area contributed by atoms with E-state index >= 15 is 0 Å². The quantitative estimate of drug-likeness (QED) is 0.232. The van der Waals surface area contributed by atoms with E-state index in [1.54, 1.807) is 0 Å². The van der Waals surface area contributed by atoms with E-state index in [1.807, 2.05) is 0 Å². The largest absolute Gasteiger partial charge is 0.537 e. The molecule has 0 atom stereocenters. The van der Waals surface area contributed by atoms with Gasteiger partial charge in [-0.2, -0.15) is 28.0 Å². The average molecular weight is 294 g/mol. The van der Waals surface area contributed by atoms with E-state index < -0.39 is 41.3 Å². The summed E-state index contributed by atoms with van der Waals surface area (Å²) in [6, 6.07) is -6.09. The van der Waals surface area contributed by atoms with Crippen LogP contribution in [0.5, 0.6) is 0 Å². The first-order chi connectivity index (χ1) is 6.71. The van der Waals surface area contributed by atoms with Gasteiger partial charge in [0.05, 0.1) is 4.21 Å². The third kappa shape index (κ3) is 1.28. The Bertz CT molecular complexity index is 417. The van der Waals surface area contributed by atoms with E-state index in [0.29, 0.717) is 0 Å². The van der Waals surface area contributed by atoms with Crippen LogP contribution in [0, 0.1) is 0 Å². The first kappa shape index (κ1) is 13.8. The highest BCUT2D eigenvalue weighted by atomic mass is 33.1. The van der Waals surface area contributed by atoms with Gasteiger partial charge >= 0.3 is 26.1 Å². The summed E-state index contributed by atoms with van der Waals surface area (Å²) in [6.07, 6.45) is 0. The van der Waals surface area contributed by atoms with Gasteiger partial charge in [0.2, 0.25) is 0 Å². The monoisotopic (exact) mass is 294 g/mol. The minimum absolute atomic E-state index is 1.80. The number of alkyl halides is 6. The number of rotatable bonds is 0. The molecule has 0 amide bonds. The molecule has 1 rings (SSSR count). The van der Waals surface area contributed by atoms with Gasteiger partial charge in [0.15, 0.2) is 0 Å². The number of nitrogens with zero attached hydrogens (tertiary/aromatic N) is 1. The zero-order valence-corrected chi connectivity index (χ0v) is 8.38. The van der Waals surface area contributed by atoms with E-state index in [2.05, 4.69) is 0 Å². The first-order valence-electron chi connectivity index (χ1n) is 3.14. The van der Waals surface area contributed by atoms with Gasteiger partial charge in [0.1, 0.15) is 0 Å². The van der Waals surface area contributed by atoms with Crippen molar-refractivity contribution in [2.24, 2.45) is 0 Å². The molecule has 0 radical (unpaired) electrons. The van der Waals surface area contributed by atoms with E-state index in [9.17, 15) is 34.8 Å². The number of quaternary nitrogens is 1. The molecule has 0 aromatic carbocycles. The third-order valence-corrected chi connectivity index (χ3v) is 4.98. The van der Waals surface area contributed by atoms with Crippen molar-refractivity contribution in [3.8, 4) is 0 Å². The van der Waals surface area contributed by atoms with E-state index in [0.717, 1.165) is 0 Å². The van der Waals surface area contributed by atoms with Crippen LogP contribution < -0.4 is 0 Å². The van der Waals surface area contributed by atoms with Crippen molar-refractivity contribution in [2.75, 3.05) is 0 Å². The highest BCUT2D eigenvalue weighted by Crippen LogP contribution is 2.60. The molecule has 13 heteroatoms. The third-order valence-electron chi connectivity index (χ3n) is 1.63. The van der Waals surface area contributed by atoms with E-state index in [-0.39, 0.29) is 0 Å². The molecular formula is C3H2F6NO4S2+. The number of hydrogen-bond donors (Lipinski definition) is 2. The van der Waals surface area contributed by atoms with Crippen LogP contribution >= 0.6 is 11.0 Å². The number of halogens is 6. The maximum absolute atomic E-state index is 12.6. The molecule has 0 bridgehead atoms. The molecule has 0 aromatic rings. The van der Waals surface area contributed by atoms with Crippen LogP contribution in [0.25, 0.3) is 0 Å². The molecule has 5 nitrogen and oxygen atoms in total. The Morgan fingerprint density at radius 3 is 1.75 bits per heavy atom. The lowest BCUT2D eigenvalue weighted by molar-refractivity contribution is -1.21. The molecular weight excluding hydrogens is 292 g/mol. The molecule has 1 aliphatic rings. The minimum Gasteiger partial charge on any atom is -0.205 e. The molecule has 0 unspecified atom stereocenters. The second-order valence-corrected chi connectivity index (χ2v) is 6.55. The molecule has 2 N–H and O–H groups in total. The Balaban J connectivity index is 3.56. The predicted octanol–water partition coefficient (Wildman–Crippen LogP) is 1.39. The standard InChI is InChI=1S/C3H2F6NO4S2/c4-1(5)2(6,7)10(11,12)15-16(13,14)3(1,8)9/h11-12H/q+1. The molecule has 0 aliphatic carbocycles.